The first-order chi connectivity index (χ1) is 12.5. The highest BCUT2D eigenvalue weighted by Crippen LogP contribution is 2.22. The number of aryl methyl sites for hydroxylation is 1. The number of hydrogen-bond donors (Lipinski definition) is 0. The van der Waals surface area contributed by atoms with Gasteiger partial charge in [0, 0.05) is 38.9 Å². The van der Waals surface area contributed by atoms with Crippen LogP contribution in [0.3, 0.4) is 0 Å². The zero-order chi connectivity index (χ0) is 18.3. The van der Waals surface area contributed by atoms with Crippen molar-refractivity contribution in [2.24, 2.45) is 0 Å². The number of hydrogen-bond acceptors (Lipinski definition) is 5. The lowest BCUT2D eigenvalue weighted by atomic mass is 10.1. The van der Waals surface area contributed by atoms with Crippen LogP contribution >= 0.6 is 0 Å². The highest BCUT2D eigenvalue weighted by Gasteiger charge is 2.42. The van der Waals surface area contributed by atoms with E-state index in [9.17, 15) is 19.2 Å². The summed E-state index contributed by atoms with van der Waals surface area (Å²) in [5, 5.41) is 0.525. The zero-order valence-corrected chi connectivity index (χ0v) is 14.1. The van der Waals surface area contributed by atoms with E-state index in [4.69, 9.17) is 0 Å². The van der Waals surface area contributed by atoms with E-state index in [1.54, 1.807) is 23.1 Å². The maximum absolute atomic E-state index is 12.4. The second-order valence-corrected chi connectivity index (χ2v) is 6.62. The van der Waals surface area contributed by atoms with Gasteiger partial charge >= 0.3 is 0 Å². The predicted octanol–water partition coefficient (Wildman–Crippen LogP) is 0.146. The van der Waals surface area contributed by atoms with Gasteiger partial charge < -0.3 is 4.90 Å². The average molecular weight is 354 g/mol. The van der Waals surface area contributed by atoms with Gasteiger partial charge in [-0.1, -0.05) is 12.1 Å². The Labute approximate surface area is 149 Å². The third kappa shape index (κ3) is 2.77. The molecule has 1 aromatic carbocycles. The van der Waals surface area contributed by atoms with Gasteiger partial charge in [0.1, 0.15) is 0 Å². The normalized spacial score (nSPS) is 17.8. The molecule has 8 heteroatoms. The molecule has 0 bridgehead atoms. The first kappa shape index (κ1) is 16.4. The van der Waals surface area contributed by atoms with Crippen LogP contribution in [0.15, 0.2) is 35.4 Å². The smallest absolute Gasteiger partial charge is 0.261 e. The Balaban J connectivity index is 1.35. The Morgan fingerprint density at radius 3 is 2.50 bits per heavy atom. The summed E-state index contributed by atoms with van der Waals surface area (Å²) in [5.41, 5.74) is 0.462. The Morgan fingerprint density at radius 2 is 1.77 bits per heavy atom. The van der Waals surface area contributed by atoms with Gasteiger partial charge in [-0.15, -0.1) is 0 Å². The Kier molecular flexibility index (Phi) is 4.02. The van der Waals surface area contributed by atoms with Crippen molar-refractivity contribution in [2.45, 2.75) is 31.8 Å². The van der Waals surface area contributed by atoms with Crippen LogP contribution in [0.5, 0.6) is 0 Å². The van der Waals surface area contributed by atoms with Crippen molar-refractivity contribution in [3.63, 3.8) is 0 Å². The van der Waals surface area contributed by atoms with Crippen molar-refractivity contribution < 1.29 is 14.4 Å². The summed E-state index contributed by atoms with van der Waals surface area (Å²) in [4.78, 5) is 55.3. The summed E-state index contributed by atoms with van der Waals surface area (Å²) in [5.74, 6) is -0.401. The molecule has 3 amide bonds. The lowest BCUT2D eigenvalue weighted by Crippen LogP contribution is -2.62. The molecule has 0 atom stereocenters. The Bertz CT molecular complexity index is 945. The summed E-state index contributed by atoms with van der Waals surface area (Å²) in [6.07, 6.45) is 2.16. The van der Waals surface area contributed by atoms with Gasteiger partial charge in [-0.25, -0.2) is 4.98 Å². The zero-order valence-electron chi connectivity index (χ0n) is 14.1. The molecule has 3 heterocycles. The van der Waals surface area contributed by atoms with E-state index in [0.29, 0.717) is 24.0 Å². The molecule has 0 saturated carbocycles. The molecule has 2 aliphatic rings. The molecular formula is C18H18N4O4. The van der Waals surface area contributed by atoms with E-state index < -0.39 is 0 Å². The highest BCUT2D eigenvalue weighted by molar-refractivity contribution is 6.02. The van der Waals surface area contributed by atoms with Crippen LogP contribution in [0.2, 0.25) is 0 Å². The first-order valence-electron chi connectivity index (χ1n) is 8.61. The third-order valence-electron chi connectivity index (χ3n) is 4.97. The van der Waals surface area contributed by atoms with Crippen molar-refractivity contribution >= 4 is 28.6 Å². The Hall–Kier alpha value is -3.03. The Morgan fingerprint density at radius 1 is 1.08 bits per heavy atom. The molecule has 2 fully saturated rings. The van der Waals surface area contributed by atoms with Gasteiger partial charge in [-0.05, 0) is 12.1 Å². The van der Waals surface area contributed by atoms with Gasteiger partial charge in [-0.3, -0.25) is 28.6 Å². The van der Waals surface area contributed by atoms with Crippen LogP contribution in [0.25, 0.3) is 10.9 Å². The summed E-state index contributed by atoms with van der Waals surface area (Å²) in [7, 11) is 0. The number of rotatable bonds is 4. The maximum Gasteiger partial charge on any atom is 0.261 e. The van der Waals surface area contributed by atoms with Crippen molar-refractivity contribution in [1.82, 2.24) is 19.4 Å². The van der Waals surface area contributed by atoms with Crippen molar-refractivity contribution in [3.8, 4) is 0 Å². The molecule has 0 radical (unpaired) electrons. The van der Waals surface area contributed by atoms with Crippen LogP contribution in [0.1, 0.15) is 19.3 Å². The molecule has 2 aromatic rings. The van der Waals surface area contributed by atoms with Crippen molar-refractivity contribution in [2.75, 3.05) is 13.1 Å². The summed E-state index contributed by atoms with van der Waals surface area (Å²) < 4.78 is 1.44. The molecular weight excluding hydrogens is 336 g/mol. The van der Waals surface area contributed by atoms with Gasteiger partial charge in [0.15, 0.2) is 0 Å². The lowest BCUT2D eigenvalue weighted by Gasteiger charge is -2.43. The monoisotopic (exact) mass is 354 g/mol. The minimum Gasteiger partial charge on any atom is -0.338 e. The standard InChI is InChI=1S/C18H18N4O4/c23-15(21-9-12(10-21)22-16(24)5-6-17(22)25)7-8-20-11-19-14-4-2-1-3-13(14)18(20)26/h1-4,11-12H,5-10H2. The number of aromatic nitrogens is 2. The number of nitrogens with zero attached hydrogens (tertiary/aromatic N) is 4. The molecule has 4 rings (SSSR count). The van der Waals surface area contributed by atoms with Crippen LogP contribution < -0.4 is 5.56 Å². The molecule has 0 spiro atoms. The fourth-order valence-corrected chi connectivity index (χ4v) is 3.46. The molecule has 0 aliphatic carbocycles. The van der Waals surface area contributed by atoms with Gasteiger partial charge in [0.25, 0.3) is 5.56 Å². The van der Waals surface area contributed by atoms with E-state index in [2.05, 4.69) is 4.98 Å². The summed E-state index contributed by atoms with van der Waals surface area (Å²) in [6.45, 7) is 1.00. The topological polar surface area (TPSA) is 92.6 Å². The molecule has 0 N–H and O–H groups in total. The summed E-state index contributed by atoms with van der Waals surface area (Å²) in [6, 6.07) is 6.88. The molecule has 2 saturated heterocycles. The van der Waals surface area contributed by atoms with E-state index in [1.165, 1.54) is 15.8 Å². The molecule has 2 aliphatic heterocycles. The number of imide groups is 1. The van der Waals surface area contributed by atoms with E-state index in [-0.39, 0.29) is 55.1 Å². The maximum atomic E-state index is 12.4. The quantitative estimate of drug-likeness (QED) is 0.729. The number of carbonyl (C=O) groups is 3. The highest BCUT2D eigenvalue weighted by atomic mass is 16.2. The third-order valence-corrected chi connectivity index (χ3v) is 4.97. The van der Waals surface area contributed by atoms with E-state index >= 15 is 0 Å². The fourth-order valence-electron chi connectivity index (χ4n) is 3.46. The number of carbonyl (C=O) groups excluding carboxylic acids is 3. The molecule has 134 valence electrons. The van der Waals surface area contributed by atoms with Crippen molar-refractivity contribution in [3.05, 3.63) is 40.9 Å². The van der Waals surface area contributed by atoms with Crippen LogP contribution in [0, 0.1) is 0 Å². The van der Waals surface area contributed by atoms with E-state index in [0.717, 1.165) is 0 Å². The largest absolute Gasteiger partial charge is 0.338 e. The van der Waals surface area contributed by atoms with Gasteiger partial charge in [0.2, 0.25) is 17.7 Å². The minimum atomic E-state index is -0.202. The number of likely N-dealkylation sites (tertiary alicyclic amines) is 2. The molecule has 8 nitrogen and oxygen atoms in total. The number of benzene rings is 1. The second-order valence-electron chi connectivity index (χ2n) is 6.62. The molecule has 0 unspecified atom stereocenters. The average Bonchev–Trinajstić information content (AvgIpc) is 2.93. The predicted molar refractivity (Wildman–Crippen MR) is 92.1 cm³/mol. The summed E-state index contributed by atoms with van der Waals surface area (Å²) >= 11 is 0. The lowest BCUT2D eigenvalue weighted by molar-refractivity contribution is -0.151. The molecule has 1 aromatic heterocycles. The minimum absolute atomic E-state index is 0.0968. The first-order valence-corrected chi connectivity index (χ1v) is 8.61. The SMILES string of the molecule is O=C(CCn1cnc2ccccc2c1=O)N1CC(N2C(=O)CCC2=O)C1. The van der Waals surface area contributed by atoms with Crippen LogP contribution in [-0.4, -0.2) is 56.2 Å². The molecule has 26 heavy (non-hydrogen) atoms. The van der Waals surface area contributed by atoms with Crippen molar-refractivity contribution in [1.29, 1.82) is 0 Å². The number of amides is 3. The van der Waals surface area contributed by atoms with Crippen LogP contribution in [0.4, 0.5) is 0 Å². The second kappa shape index (κ2) is 6.36. The van der Waals surface area contributed by atoms with Gasteiger partial charge in [0.05, 0.1) is 23.3 Å². The fraction of sp³-hybridized carbons (Fsp3) is 0.389. The van der Waals surface area contributed by atoms with E-state index in [1.807, 2.05) is 6.07 Å². The van der Waals surface area contributed by atoms with Gasteiger partial charge in [-0.2, -0.15) is 0 Å². The number of para-hydroxylation sites is 1. The number of fused-ring (bicyclic) bond motifs is 1. The van der Waals surface area contributed by atoms with Crippen LogP contribution in [-0.2, 0) is 20.9 Å².